The SMILES string of the molecule is Cc1ccc(C2CC(N)CCN2C(=O)OC(C)(C)C)c(C)c1. The molecule has 0 saturated carbocycles. The van der Waals surface area contributed by atoms with Gasteiger partial charge in [0.05, 0.1) is 6.04 Å². The van der Waals surface area contributed by atoms with E-state index in [9.17, 15) is 4.79 Å². The molecule has 22 heavy (non-hydrogen) atoms. The zero-order chi connectivity index (χ0) is 16.5. The molecule has 4 nitrogen and oxygen atoms in total. The Labute approximate surface area is 133 Å². The molecular formula is C18H28N2O2. The normalized spacial score (nSPS) is 22.5. The first-order valence-corrected chi connectivity index (χ1v) is 8.00. The number of amides is 1. The molecule has 1 aromatic rings. The zero-order valence-electron chi connectivity index (χ0n) is 14.3. The number of hydrogen-bond acceptors (Lipinski definition) is 3. The van der Waals surface area contributed by atoms with Gasteiger partial charge in [0.1, 0.15) is 5.60 Å². The van der Waals surface area contributed by atoms with Crippen molar-refractivity contribution in [1.82, 2.24) is 4.90 Å². The molecule has 2 rings (SSSR count). The second kappa shape index (κ2) is 6.29. The number of ether oxygens (including phenoxy) is 1. The van der Waals surface area contributed by atoms with Gasteiger partial charge in [-0.25, -0.2) is 4.79 Å². The molecule has 0 spiro atoms. The van der Waals surface area contributed by atoms with Crippen molar-refractivity contribution in [2.75, 3.05) is 6.54 Å². The topological polar surface area (TPSA) is 55.6 Å². The molecule has 1 saturated heterocycles. The van der Waals surface area contributed by atoms with Crippen molar-refractivity contribution in [1.29, 1.82) is 0 Å². The van der Waals surface area contributed by atoms with Gasteiger partial charge in [-0.2, -0.15) is 0 Å². The minimum Gasteiger partial charge on any atom is -0.444 e. The average molecular weight is 304 g/mol. The second-order valence-corrected chi connectivity index (χ2v) is 7.33. The maximum Gasteiger partial charge on any atom is 0.410 e. The molecule has 2 atom stereocenters. The van der Waals surface area contributed by atoms with Crippen LogP contribution in [0.2, 0.25) is 0 Å². The summed E-state index contributed by atoms with van der Waals surface area (Å²) in [5.41, 5.74) is 9.27. The Kier molecular flexibility index (Phi) is 4.81. The van der Waals surface area contributed by atoms with E-state index in [0.29, 0.717) is 6.54 Å². The van der Waals surface area contributed by atoms with Crippen molar-refractivity contribution in [3.05, 3.63) is 34.9 Å². The maximum atomic E-state index is 12.5. The number of benzene rings is 1. The van der Waals surface area contributed by atoms with E-state index in [0.717, 1.165) is 12.8 Å². The number of nitrogens with two attached hydrogens (primary N) is 1. The van der Waals surface area contributed by atoms with Gasteiger partial charge in [-0.05, 0) is 58.6 Å². The summed E-state index contributed by atoms with van der Waals surface area (Å²) in [5, 5.41) is 0. The Bertz CT molecular complexity index is 549. The fraction of sp³-hybridized carbons (Fsp3) is 0.611. The average Bonchev–Trinajstić information content (AvgIpc) is 2.36. The Morgan fingerprint density at radius 3 is 2.59 bits per heavy atom. The standard InChI is InChI=1S/C18H28N2O2/c1-12-6-7-15(13(2)10-12)16-11-14(19)8-9-20(16)17(21)22-18(3,4)5/h6-7,10,14,16H,8-9,11,19H2,1-5H3. The van der Waals surface area contributed by atoms with Crippen LogP contribution >= 0.6 is 0 Å². The van der Waals surface area contributed by atoms with Crippen molar-refractivity contribution in [3.8, 4) is 0 Å². The van der Waals surface area contributed by atoms with Crippen LogP contribution in [-0.2, 0) is 4.74 Å². The van der Waals surface area contributed by atoms with Gasteiger partial charge in [0.15, 0.2) is 0 Å². The van der Waals surface area contributed by atoms with Gasteiger partial charge < -0.3 is 15.4 Å². The first-order chi connectivity index (χ1) is 10.2. The Morgan fingerprint density at radius 1 is 1.32 bits per heavy atom. The third-order valence-electron chi connectivity index (χ3n) is 4.06. The lowest BCUT2D eigenvalue weighted by Gasteiger charge is -2.39. The summed E-state index contributed by atoms with van der Waals surface area (Å²) in [5.74, 6) is 0. The van der Waals surface area contributed by atoms with Gasteiger partial charge in [0, 0.05) is 12.6 Å². The molecule has 2 N–H and O–H groups in total. The van der Waals surface area contributed by atoms with E-state index < -0.39 is 5.60 Å². The van der Waals surface area contributed by atoms with Crippen molar-refractivity contribution < 1.29 is 9.53 Å². The van der Waals surface area contributed by atoms with Crippen LogP contribution in [0.3, 0.4) is 0 Å². The van der Waals surface area contributed by atoms with Crippen LogP contribution in [0, 0.1) is 13.8 Å². The van der Waals surface area contributed by atoms with Gasteiger partial charge in [0.2, 0.25) is 0 Å². The fourth-order valence-electron chi connectivity index (χ4n) is 3.03. The number of piperidine rings is 1. The molecule has 1 amide bonds. The van der Waals surface area contributed by atoms with Gasteiger partial charge in [0.25, 0.3) is 0 Å². The lowest BCUT2D eigenvalue weighted by Crippen LogP contribution is -2.47. The quantitative estimate of drug-likeness (QED) is 0.860. The summed E-state index contributed by atoms with van der Waals surface area (Å²) in [6, 6.07) is 6.49. The minimum absolute atomic E-state index is 0.000741. The van der Waals surface area contributed by atoms with Gasteiger partial charge >= 0.3 is 6.09 Å². The summed E-state index contributed by atoms with van der Waals surface area (Å²) >= 11 is 0. The van der Waals surface area contributed by atoms with Crippen LogP contribution in [0.5, 0.6) is 0 Å². The first kappa shape index (κ1) is 16.8. The summed E-state index contributed by atoms with van der Waals surface area (Å²) in [6.07, 6.45) is 1.36. The molecular weight excluding hydrogens is 276 g/mol. The number of aryl methyl sites for hydroxylation is 2. The summed E-state index contributed by atoms with van der Waals surface area (Å²) in [4.78, 5) is 14.4. The number of nitrogens with zero attached hydrogens (tertiary/aromatic N) is 1. The zero-order valence-corrected chi connectivity index (χ0v) is 14.3. The summed E-state index contributed by atoms with van der Waals surface area (Å²) < 4.78 is 5.57. The van der Waals surface area contributed by atoms with Crippen LogP contribution in [0.1, 0.15) is 56.3 Å². The van der Waals surface area contributed by atoms with E-state index in [1.807, 2.05) is 25.7 Å². The van der Waals surface area contributed by atoms with Gasteiger partial charge in [-0.1, -0.05) is 23.8 Å². The molecule has 0 aromatic heterocycles. The largest absolute Gasteiger partial charge is 0.444 e. The molecule has 122 valence electrons. The van der Waals surface area contributed by atoms with Gasteiger partial charge in [-0.3, -0.25) is 0 Å². The number of hydrogen-bond donors (Lipinski definition) is 1. The van der Waals surface area contributed by atoms with Crippen molar-refractivity contribution in [2.45, 2.75) is 65.1 Å². The Balaban J connectivity index is 2.29. The van der Waals surface area contributed by atoms with Crippen LogP contribution in [0.25, 0.3) is 0 Å². The molecule has 1 aliphatic heterocycles. The molecule has 1 heterocycles. The van der Waals surface area contributed by atoms with E-state index in [1.54, 1.807) is 0 Å². The van der Waals surface area contributed by atoms with E-state index in [4.69, 9.17) is 10.5 Å². The third kappa shape index (κ3) is 4.01. The van der Waals surface area contributed by atoms with E-state index in [1.165, 1.54) is 16.7 Å². The van der Waals surface area contributed by atoms with Crippen LogP contribution in [0.4, 0.5) is 4.79 Å². The summed E-state index contributed by atoms with van der Waals surface area (Å²) in [7, 11) is 0. The predicted octanol–water partition coefficient (Wildman–Crippen LogP) is 3.70. The van der Waals surface area contributed by atoms with Crippen LogP contribution in [-0.4, -0.2) is 29.2 Å². The summed E-state index contributed by atoms with van der Waals surface area (Å²) in [6.45, 7) is 10.5. The van der Waals surface area contributed by atoms with E-state index in [2.05, 4.69) is 32.0 Å². The molecule has 1 aromatic carbocycles. The highest BCUT2D eigenvalue weighted by molar-refractivity contribution is 5.69. The smallest absolute Gasteiger partial charge is 0.410 e. The minimum atomic E-state index is -0.483. The highest BCUT2D eigenvalue weighted by atomic mass is 16.6. The highest BCUT2D eigenvalue weighted by Gasteiger charge is 2.34. The highest BCUT2D eigenvalue weighted by Crippen LogP contribution is 2.33. The van der Waals surface area contributed by atoms with Crippen molar-refractivity contribution >= 4 is 6.09 Å². The molecule has 2 unspecified atom stereocenters. The molecule has 0 radical (unpaired) electrons. The van der Waals surface area contributed by atoms with E-state index in [-0.39, 0.29) is 18.2 Å². The molecule has 4 heteroatoms. The van der Waals surface area contributed by atoms with Gasteiger partial charge in [-0.15, -0.1) is 0 Å². The Hall–Kier alpha value is -1.55. The molecule has 0 bridgehead atoms. The Morgan fingerprint density at radius 2 is 2.00 bits per heavy atom. The van der Waals surface area contributed by atoms with Crippen LogP contribution < -0.4 is 5.73 Å². The lowest BCUT2D eigenvalue weighted by atomic mass is 9.89. The number of carbonyl (C=O) groups is 1. The molecule has 1 fully saturated rings. The number of carbonyl (C=O) groups excluding carboxylic acids is 1. The number of rotatable bonds is 1. The fourth-order valence-corrected chi connectivity index (χ4v) is 3.03. The maximum absolute atomic E-state index is 12.5. The number of likely N-dealkylation sites (tertiary alicyclic amines) is 1. The second-order valence-electron chi connectivity index (χ2n) is 7.33. The monoisotopic (exact) mass is 304 g/mol. The van der Waals surface area contributed by atoms with Crippen molar-refractivity contribution in [3.63, 3.8) is 0 Å². The lowest BCUT2D eigenvalue weighted by molar-refractivity contribution is 0.00791. The predicted molar refractivity (Wildman–Crippen MR) is 88.8 cm³/mol. The molecule has 0 aliphatic carbocycles. The third-order valence-corrected chi connectivity index (χ3v) is 4.06. The molecule has 1 aliphatic rings. The first-order valence-electron chi connectivity index (χ1n) is 8.00. The van der Waals surface area contributed by atoms with Crippen LogP contribution in [0.15, 0.2) is 18.2 Å². The van der Waals surface area contributed by atoms with Crippen molar-refractivity contribution in [2.24, 2.45) is 5.73 Å². The van der Waals surface area contributed by atoms with E-state index >= 15 is 0 Å².